The maximum absolute atomic E-state index is 12.8. The van der Waals surface area contributed by atoms with Crippen LogP contribution in [0.1, 0.15) is 17.0 Å². The maximum atomic E-state index is 12.8. The average molecular weight is 419 g/mol. The Labute approximate surface area is 171 Å². The van der Waals surface area contributed by atoms with Crippen LogP contribution in [0.5, 0.6) is 5.75 Å². The van der Waals surface area contributed by atoms with Crippen molar-refractivity contribution in [3.63, 3.8) is 0 Å². The second-order valence-corrected chi connectivity index (χ2v) is 7.60. The largest absolute Gasteiger partial charge is 0.508 e. The Hall–Kier alpha value is -2.20. The van der Waals surface area contributed by atoms with Gasteiger partial charge in [-0.1, -0.05) is 59.1 Å². The van der Waals surface area contributed by atoms with E-state index in [2.05, 4.69) is 5.32 Å². The number of benzene rings is 3. The molecule has 3 aromatic carbocycles. The second kappa shape index (κ2) is 7.08. The van der Waals surface area contributed by atoms with Crippen molar-refractivity contribution in [1.29, 1.82) is 0 Å². The summed E-state index contributed by atoms with van der Waals surface area (Å²) < 4.78 is 0. The quantitative estimate of drug-likeness (QED) is 0.513. The number of carbonyl (C=O) groups is 1. The Kier molecular flexibility index (Phi) is 4.77. The Balaban J connectivity index is 1.89. The van der Waals surface area contributed by atoms with Crippen molar-refractivity contribution < 1.29 is 9.90 Å². The molecule has 0 aromatic heterocycles. The first-order valence-corrected chi connectivity index (χ1v) is 9.44. The van der Waals surface area contributed by atoms with Crippen molar-refractivity contribution >= 4 is 46.4 Å². The topological polar surface area (TPSA) is 49.3 Å². The van der Waals surface area contributed by atoms with E-state index in [1.54, 1.807) is 30.3 Å². The summed E-state index contributed by atoms with van der Waals surface area (Å²) in [6.45, 7) is 0. The number of nitrogens with one attached hydrogen (secondary N) is 1. The van der Waals surface area contributed by atoms with Crippen LogP contribution in [0.4, 0.5) is 5.69 Å². The van der Waals surface area contributed by atoms with Gasteiger partial charge in [0, 0.05) is 37.9 Å². The molecular weight excluding hydrogens is 405 g/mol. The zero-order valence-electron chi connectivity index (χ0n) is 14.0. The molecular formula is C21H14Cl3NO2. The second-order valence-electron chi connectivity index (χ2n) is 6.38. The summed E-state index contributed by atoms with van der Waals surface area (Å²) in [5.74, 6) is -0.698. The van der Waals surface area contributed by atoms with Gasteiger partial charge in [0.15, 0.2) is 0 Å². The highest BCUT2D eigenvalue weighted by Crippen LogP contribution is 2.44. The highest BCUT2D eigenvalue weighted by molar-refractivity contribution is 6.36. The number of fused-ring (bicyclic) bond motifs is 1. The molecule has 27 heavy (non-hydrogen) atoms. The predicted molar refractivity (Wildman–Crippen MR) is 110 cm³/mol. The molecule has 6 heteroatoms. The lowest BCUT2D eigenvalue weighted by Gasteiger charge is -2.28. The minimum atomic E-state index is -0.538. The maximum Gasteiger partial charge on any atom is 0.232 e. The SMILES string of the molecule is O=C1Nc2cc(O)cc(-c3ccccc3Cl)c2CC1c1c(Cl)cccc1Cl. The minimum Gasteiger partial charge on any atom is -0.508 e. The molecule has 1 atom stereocenters. The third kappa shape index (κ3) is 3.27. The summed E-state index contributed by atoms with van der Waals surface area (Å²) in [6.07, 6.45) is 0.394. The van der Waals surface area contributed by atoms with E-state index in [1.807, 2.05) is 18.2 Å². The molecule has 0 bridgehead atoms. The van der Waals surface area contributed by atoms with Crippen LogP contribution in [-0.2, 0) is 11.2 Å². The van der Waals surface area contributed by atoms with Gasteiger partial charge in [-0.3, -0.25) is 4.79 Å². The van der Waals surface area contributed by atoms with E-state index in [9.17, 15) is 9.90 Å². The van der Waals surface area contributed by atoms with Crippen molar-refractivity contribution in [2.24, 2.45) is 0 Å². The van der Waals surface area contributed by atoms with Crippen LogP contribution in [0.3, 0.4) is 0 Å². The van der Waals surface area contributed by atoms with Crippen LogP contribution in [0.2, 0.25) is 15.1 Å². The number of amides is 1. The fourth-order valence-electron chi connectivity index (χ4n) is 3.50. The fraction of sp³-hybridized carbons (Fsp3) is 0.0952. The lowest BCUT2D eigenvalue weighted by molar-refractivity contribution is -0.117. The number of phenolic OH excluding ortho intramolecular Hbond substituents is 1. The Morgan fingerprint density at radius 1 is 0.889 bits per heavy atom. The van der Waals surface area contributed by atoms with Crippen LogP contribution in [0, 0.1) is 0 Å². The monoisotopic (exact) mass is 417 g/mol. The first kappa shape index (κ1) is 18.2. The van der Waals surface area contributed by atoms with Crippen LogP contribution in [0.15, 0.2) is 54.6 Å². The molecule has 1 heterocycles. The van der Waals surface area contributed by atoms with E-state index < -0.39 is 5.92 Å². The summed E-state index contributed by atoms with van der Waals surface area (Å²) in [5, 5.41) is 14.5. The van der Waals surface area contributed by atoms with E-state index >= 15 is 0 Å². The molecule has 0 spiro atoms. The number of halogens is 3. The smallest absolute Gasteiger partial charge is 0.232 e. The molecule has 0 radical (unpaired) electrons. The Morgan fingerprint density at radius 3 is 2.26 bits per heavy atom. The van der Waals surface area contributed by atoms with Crippen molar-refractivity contribution in [2.75, 3.05) is 5.32 Å². The number of hydrogen-bond donors (Lipinski definition) is 2. The normalized spacial score (nSPS) is 16.0. The number of carbonyl (C=O) groups excluding carboxylic acids is 1. The highest BCUT2D eigenvalue weighted by Gasteiger charge is 2.32. The molecule has 3 aromatic rings. The van der Waals surface area contributed by atoms with Gasteiger partial charge in [0.2, 0.25) is 5.91 Å². The summed E-state index contributed by atoms with van der Waals surface area (Å²) in [5.41, 5.74) is 3.59. The molecule has 1 aliphatic rings. The van der Waals surface area contributed by atoms with Gasteiger partial charge in [-0.25, -0.2) is 0 Å². The Morgan fingerprint density at radius 2 is 1.56 bits per heavy atom. The predicted octanol–water partition coefficient (Wildman–Crippen LogP) is 6.30. The number of hydrogen-bond acceptors (Lipinski definition) is 2. The fourth-order valence-corrected chi connectivity index (χ4v) is 4.40. The van der Waals surface area contributed by atoms with E-state index in [4.69, 9.17) is 34.8 Å². The summed E-state index contributed by atoms with van der Waals surface area (Å²) >= 11 is 19.0. The molecule has 0 fully saturated rings. The molecule has 1 amide bonds. The lowest BCUT2D eigenvalue weighted by Crippen LogP contribution is -2.29. The molecule has 0 aliphatic carbocycles. The van der Waals surface area contributed by atoms with Gasteiger partial charge < -0.3 is 10.4 Å². The van der Waals surface area contributed by atoms with E-state index in [1.165, 1.54) is 6.07 Å². The first-order chi connectivity index (χ1) is 13.0. The van der Waals surface area contributed by atoms with Crippen molar-refractivity contribution in [3.8, 4) is 16.9 Å². The van der Waals surface area contributed by atoms with Crippen molar-refractivity contribution in [3.05, 3.63) is 80.8 Å². The third-order valence-corrected chi connectivity index (χ3v) is 5.72. The average Bonchev–Trinajstić information content (AvgIpc) is 2.62. The van der Waals surface area contributed by atoms with Crippen LogP contribution < -0.4 is 5.32 Å². The molecule has 2 N–H and O–H groups in total. The van der Waals surface area contributed by atoms with Crippen LogP contribution in [0.25, 0.3) is 11.1 Å². The molecule has 1 aliphatic heterocycles. The van der Waals surface area contributed by atoms with Gasteiger partial charge in [-0.05, 0) is 41.8 Å². The number of anilines is 1. The number of rotatable bonds is 2. The summed E-state index contributed by atoms with van der Waals surface area (Å²) in [7, 11) is 0. The highest BCUT2D eigenvalue weighted by atomic mass is 35.5. The lowest BCUT2D eigenvalue weighted by atomic mass is 9.83. The van der Waals surface area contributed by atoms with Crippen LogP contribution in [-0.4, -0.2) is 11.0 Å². The minimum absolute atomic E-state index is 0.0539. The van der Waals surface area contributed by atoms with Crippen molar-refractivity contribution in [2.45, 2.75) is 12.3 Å². The molecule has 1 unspecified atom stereocenters. The molecule has 0 saturated carbocycles. The Bertz CT molecular complexity index is 1050. The number of aromatic hydroxyl groups is 1. The van der Waals surface area contributed by atoms with Crippen molar-refractivity contribution in [1.82, 2.24) is 0 Å². The van der Waals surface area contributed by atoms with Gasteiger partial charge in [-0.2, -0.15) is 0 Å². The standard InChI is InChI=1S/C21H14Cl3NO2/c22-16-5-2-1-4-12(16)13-8-11(26)9-19-14(13)10-15(21(27)25-19)20-17(23)6-3-7-18(20)24/h1-9,15,26H,10H2,(H,25,27). The van der Waals surface area contributed by atoms with Crippen LogP contribution >= 0.6 is 34.8 Å². The molecule has 4 rings (SSSR count). The van der Waals surface area contributed by atoms with Gasteiger partial charge >= 0.3 is 0 Å². The van der Waals surface area contributed by atoms with Gasteiger partial charge in [0.05, 0.1) is 5.92 Å². The molecule has 3 nitrogen and oxygen atoms in total. The molecule has 136 valence electrons. The molecule has 0 saturated heterocycles. The summed E-state index contributed by atoms with van der Waals surface area (Å²) in [6, 6.07) is 15.8. The zero-order valence-corrected chi connectivity index (χ0v) is 16.2. The summed E-state index contributed by atoms with van der Waals surface area (Å²) in [4.78, 5) is 12.8. The first-order valence-electron chi connectivity index (χ1n) is 8.31. The van der Waals surface area contributed by atoms with E-state index in [0.717, 1.165) is 16.7 Å². The van der Waals surface area contributed by atoms with E-state index in [0.29, 0.717) is 32.7 Å². The van der Waals surface area contributed by atoms with Gasteiger partial charge in [0.25, 0.3) is 0 Å². The van der Waals surface area contributed by atoms with Gasteiger partial charge in [0.1, 0.15) is 5.75 Å². The number of phenols is 1. The van der Waals surface area contributed by atoms with E-state index in [-0.39, 0.29) is 11.7 Å². The zero-order chi connectivity index (χ0) is 19.1. The van der Waals surface area contributed by atoms with Gasteiger partial charge in [-0.15, -0.1) is 0 Å². The third-order valence-electron chi connectivity index (χ3n) is 4.73.